The zero-order valence-corrected chi connectivity index (χ0v) is 10.1. The van der Waals surface area contributed by atoms with Crippen LogP contribution in [0.5, 0.6) is 5.75 Å². The number of aromatic nitrogens is 2. The van der Waals surface area contributed by atoms with Gasteiger partial charge in [-0.05, 0) is 14.0 Å². The monoisotopic (exact) mass is 211 g/mol. The first-order valence-corrected chi connectivity index (χ1v) is 5.37. The van der Waals surface area contributed by atoms with E-state index in [9.17, 15) is 0 Å². The van der Waals surface area contributed by atoms with Gasteiger partial charge in [-0.25, -0.2) is 0 Å². The summed E-state index contributed by atoms with van der Waals surface area (Å²) in [6.45, 7) is 8.92. The quantitative estimate of drug-likeness (QED) is 0.775. The summed E-state index contributed by atoms with van der Waals surface area (Å²) >= 11 is 0. The van der Waals surface area contributed by atoms with Crippen molar-refractivity contribution < 1.29 is 4.74 Å². The van der Waals surface area contributed by atoms with Crippen molar-refractivity contribution in [2.24, 2.45) is 5.41 Å². The number of ether oxygens (including phenoxy) is 1. The fourth-order valence-electron chi connectivity index (χ4n) is 1.40. The van der Waals surface area contributed by atoms with Gasteiger partial charge in [-0.2, -0.15) is 5.10 Å². The molecule has 0 aromatic carbocycles. The molecule has 1 aromatic rings. The van der Waals surface area contributed by atoms with E-state index in [-0.39, 0.29) is 5.41 Å². The normalized spacial score (nSPS) is 11.7. The van der Waals surface area contributed by atoms with Crippen molar-refractivity contribution in [3.8, 4) is 5.75 Å². The van der Waals surface area contributed by atoms with Crippen LogP contribution in [0.2, 0.25) is 0 Å². The maximum absolute atomic E-state index is 5.68. The third-order valence-electron chi connectivity index (χ3n) is 2.22. The van der Waals surface area contributed by atoms with Crippen molar-refractivity contribution in [3.05, 3.63) is 12.4 Å². The lowest BCUT2D eigenvalue weighted by Crippen LogP contribution is -2.32. The Bertz CT molecular complexity index is 294. The third kappa shape index (κ3) is 3.91. The van der Waals surface area contributed by atoms with Crippen molar-refractivity contribution in [3.63, 3.8) is 0 Å². The minimum absolute atomic E-state index is 0.142. The van der Waals surface area contributed by atoms with E-state index in [0.29, 0.717) is 6.61 Å². The molecule has 1 aromatic heterocycles. The molecule has 0 bridgehead atoms. The molecule has 0 spiro atoms. The predicted octanol–water partition coefficient (Wildman–Crippen LogP) is 1.53. The molecule has 0 saturated heterocycles. The summed E-state index contributed by atoms with van der Waals surface area (Å²) < 4.78 is 7.54. The highest BCUT2D eigenvalue weighted by Crippen LogP contribution is 2.17. The summed E-state index contributed by atoms with van der Waals surface area (Å²) in [7, 11) is 1.96. The number of aryl methyl sites for hydroxylation is 1. The fraction of sp³-hybridized carbons (Fsp3) is 0.727. The fourth-order valence-corrected chi connectivity index (χ4v) is 1.40. The van der Waals surface area contributed by atoms with Gasteiger partial charge in [0.1, 0.15) is 0 Å². The zero-order chi connectivity index (χ0) is 11.3. The number of nitrogens with one attached hydrogen (secondary N) is 1. The molecule has 0 saturated carbocycles. The van der Waals surface area contributed by atoms with Gasteiger partial charge in [0.25, 0.3) is 0 Å². The number of rotatable bonds is 6. The Hall–Kier alpha value is -1.03. The summed E-state index contributed by atoms with van der Waals surface area (Å²) in [5, 5.41) is 7.32. The maximum atomic E-state index is 5.68. The molecule has 4 heteroatoms. The molecule has 15 heavy (non-hydrogen) atoms. The summed E-state index contributed by atoms with van der Waals surface area (Å²) in [5.74, 6) is 0.848. The molecule has 0 amide bonds. The van der Waals surface area contributed by atoms with Gasteiger partial charge in [0.2, 0.25) is 0 Å². The Balaban J connectivity index is 2.42. The second-order valence-corrected chi connectivity index (χ2v) is 4.51. The molecule has 0 fully saturated rings. The molecule has 0 atom stereocenters. The molecule has 1 rings (SSSR count). The summed E-state index contributed by atoms with van der Waals surface area (Å²) in [5.41, 5.74) is 0.142. The smallest absolute Gasteiger partial charge is 0.157 e. The van der Waals surface area contributed by atoms with E-state index < -0.39 is 0 Å². The summed E-state index contributed by atoms with van der Waals surface area (Å²) in [6, 6.07) is 0. The van der Waals surface area contributed by atoms with Crippen LogP contribution in [0.4, 0.5) is 0 Å². The van der Waals surface area contributed by atoms with E-state index >= 15 is 0 Å². The van der Waals surface area contributed by atoms with Crippen LogP contribution in [0.3, 0.4) is 0 Å². The highest BCUT2D eigenvalue weighted by molar-refractivity contribution is 5.11. The SMILES string of the molecule is CCn1cc(OCC(C)(C)CNC)cn1. The van der Waals surface area contributed by atoms with E-state index in [4.69, 9.17) is 4.74 Å². The molecule has 4 nitrogen and oxygen atoms in total. The van der Waals surface area contributed by atoms with E-state index in [1.807, 2.05) is 17.9 Å². The molecular formula is C11H21N3O. The highest BCUT2D eigenvalue weighted by atomic mass is 16.5. The van der Waals surface area contributed by atoms with Crippen LogP contribution < -0.4 is 10.1 Å². The number of nitrogens with zero attached hydrogens (tertiary/aromatic N) is 2. The van der Waals surface area contributed by atoms with Gasteiger partial charge in [0.15, 0.2) is 5.75 Å². The van der Waals surface area contributed by atoms with Gasteiger partial charge in [-0.1, -0.05) is 13.8 Å². The average molecular weight is 211 g/mol. The van der Waals surface area contributed by atoms with Gasteiger partial charge < -0.3 is 10.1 Å². The lowest BCUT2D eigenvalue weighted by molar-refractivity contribution is 0.179. The molecule has 0 aliphatic carbocycles. The molecular weight excluding hydrogens is 190 g/mol. The Kier molecular flexibility index (Phi) is 4.15. The molecule has 0 aliphatic rings. The van der Waals surface area contributed by atoms with E-state index in [0.717, 1.165) is 18.8 Å². The Morgan fingerprint density at radius 1 is 1.53 bits per heavy atom. The van der Waals surface area contributed by atoms with Crippen molar-refractivity contribution in [1.29, 1.82) is 0 Å². The molecule has 1 N–H and O–H groups in total. The van der Waals surface area contributed by atoms with Gasteiger partial charge >= 0.3 is 0 Å². The molecule has 1 heterocycles. The Labute approximate surface area is 91.6 Å². The maximum Gasteiger partial charge on any atom is 0.157 e. The molecule has 0 unspecified atom stereocenters. The van der Waals surface area contributed by atoms with Crippen molar-refractivity contribution in [1.82, 2.24) is 15.1 Å². The van der Waals surface area contributed by atoms with E-state index in [1.54, 1.807) is 6.20 Å². The van der Waals surface area contributed by atoms with Crippen LogP contribution >= 0.6 is 0 Å². The molecule has 0 radical (unpaired) electrons. The molecule has 0 aliphatic heterocycles. The first-order valence-electron chi connectivity index (χ1n) is 5.37. The highest BCUT2D eigenvalue weighted by Gasteiger charge is 2.17. The molecule has 86 valence electrons. The summed E-state index contributed by atoms with van der Waals surface area (Å²) in [6.07, 6.45) is 3.69. The van der Waals surface area contributed by atoms with Crippen LogP contribution in [-0.2, 0) is 6.54 Å². The largest absolute Gasteiger partial charge is 0.490 e. The standard InChI is InChI=1S/C11H21N3O/c1-5-14-7-10(6-13-14)15-9-11(2,3)8-12-4/h6-7,12H,5,8-9H2,1-4H3. The van der Waals surface area contributed by atoms with Crippen molar-refractivity contribution >= 4 is 0 Å². The van der Waals surface area contributed by atoms with Crippen LogP contribution in [0, 0.1) is 5.41 Å². The first-order chi connectivity index (χ1) is 7.07. The average Bonchev–Trinajstić information content (AvgIpc) is 2.62. The van der Waals surface area contributed by atoms with Crippen LogP contribution in [0.1, 0.15) is 20.8 Å². The van der Waals surface area contributed by atoms with Gasteiger partial charge in [-0.15, -0.1) is 0 Å². The van der Waals surface area contributed by atoms with Crippen LogP contribution in [-0.4, -0.2) is 30.0 Å². The zero-order valence-electron chi connectivity index (χ0n) is 10.1. The third-order valence-corrected chi connectivity index (χ3v) is 2.22. The minimum atomic E-state index is 0.142. The van der Waals surface area contributed by atoms with Gasteiger partial charge in [0.05, 0.1) is 19.0 Å². The second kappa shape index (κ2) is 5.16. The Morgan fingerprint density at radius 2 is 2.27 bits per heavy atom. The minimum Gasteiger partial charge on any atom is -0.490 e. The predicted molar refractivity (Wildman–Crippen MR) is 61.1 cm³/mol. The number of hydrogen-bond acceptors (Lipinski definition) is 3. The first kappa shape index (κ1) is 12.0. The van der Waals surface area contributed by atoms with Crippen LogP contribution in [0.15, 0.2) is 12.4 Å². The lowest BCUT2D eigenvalue weighted by Gasteiger charge is -2.23. The Morgan fingerprint density at radius 3 is 2.80 bits per heavy atom. The number of hydrogen-bond donors (Lipinski definition) is 1. The van der Waals surface area contributed by atoms with E-state index in [1.165, 1.54) is 0 Å². The van der Waals surface area contributed by atoms with Crippen molar-refractivity contribution in [2.45, 2.75) is 27.3 Å². The van der Waals surface area contributed by atoms with Crippen LogP contribution in [0.25, 0.3) is 0 Å². The lowest BCUT2D eigenvalue weighted by atomic mass is 9.95. The topological polar surface area (TPSA) is 39.1 Å². The second-order valence-electron chi connectivity index (χ2n) is 4.51. The summed E-state index contributed by atoms with van der Waals surface area (Å²) in [4.78, 5) is 0. The van der Waals surface area contributed by atoms with Gasteiger partial charge in [-0.3, -0.25) is 4.68 Å². The van der Waals surface area contributed by atoms with Crippen molar-refractivity contribution in [2.75, 3.05) is 20.2 Å². The van der Waals surface area contributed by atoms with E-state index in [2.05, 4.69) is 31.2 Å². The van der Waals surface area contributed by atoms with Gasteiger partial charge in [0, 0.05) is 18.5 Å².